The average Bonchev–Trinajstić information content (AvgIpc) is 2.34. The summed E-state index contributed by atoms with van der Waals surface area (Å²) in [6, 6.07) is 0.735. The third kappa shape index (κ3) is 7.00. The van der Waals surface area contributed by atoms with Crippen molar-refractivity contribution in [1.82, 2.24) is 5.32 Å². The Morgan fingerprint density at radius 3 is 2.83 bits per heavy atom. The first-order valence-corrected chi connectivity index (χ1v) is 7.61. The van der Waals surface area contributed by atoms with Crippen LogP contribution in [0.15, 0.2) is 0 Å². The second kappa shape index (κ2) is 9.37. The van der Waals surface area contributed by atoms with E-state index in [2.05, 4.69) is 12.2 Å². The van der Waals surface area contributed by atoms with Crippen LogP contribution in [0.5, 0.6) is 0 Å². The summed E-state index contributed by atoms with van der Waals surface area (Å²) in [6.07, 6.45) is 9.28. The zero-order valence-corrected chi connectivity index (χ0v) is 12.0. The average molecular weight is 255 g/mol. The van der Waals surface area contributed by atoms with Crippen LogP contribution in [0.25, 0.3) is 0 Å². The van der Waals surface area contributed by atoms with E-state index in [-0.39, 0.29) is 5.97 Å². The van der Waals surface area contributed by atoms with Crippen LogP contribution in [0.4, 0.5) is 0 Å². The molecule has 0 aromatic heterocycles. The summed E-state index contributed by atoms with van der Waals surface area (Å²) in [7, 11) is 0. The molecule has 1 rings (SSSR count). The minimum Gasteiger partial charge on any atom is -0.466 e. The van der Waals surface area contributed by atoms with Gasteiger partial charge in [0.2, 0.25) is 0 Å². The highest BCUT2D eigenvalue weighted by Gasteiger charge is 2.17. The van der Waals surface area contributed by atoms with Crippen molar-refractivity contribution in [2.24, 2.45) is 5.92 Å². The van der Waals surface area contributed by atoms with Crippen molar-refractivity contribution in [3.05, 3.63) is 0 Å². The molecule has 0 amide bonds. The van der Waals surface area contributed by atoms with E-state index in [1.165, 1.54) is 32.1 Å². The van der Waals surface area contributed by atoms with Crippen molar-refractivity contribution in [2.75, 3.05) is 13.2 Å². The Balaban J connectivity index is 1.90. The molecule has 0 saturated heterocycles. The molecule has 2 atom stereocenters. The zero-order chi connectivity index (χ0) is 13.2. The smallest absolute Gasteiger partial charge is 0.305 e. The fourth-order valence-corrected chi connectivity index (χ4v) is 2.73. The quantitative estimate of drug-likeness (QED) is 0.534. The van der Waals surface area contributed by atoms with Gasteiger partial charge in [-0.15, -0.1) is 0 Å². The van der Waals surface area contributed by atoms with E-state index in [1.54, 1.807) is 0 Å². The van der Waals surface area contributed by atoms with Crippen LogP contribution in [-0.4, -0.2) is 25.2 Å². The van der Waals surface area contributed by atoms with E-state index in [9.17, 15) is 4.79 Å². The molecule has 1 aliphatic rings. The molecule has 3 heteroatoms. The van der Waals surface area contributed by atoms with Gasteiger partial charge in [-0.05, 0) is 45.1 Å². The molecule has 0 radical (unpaired) electrons. The number of carbonyl (C=O) groups is 1. The van der Waals surface area contributed by atoms with Gasteiger partial charge in [0.15, 0.2) is 0 Å². The lowest BCUT2D eigenvalue weighted by atomic mass is 9.87. The molecule has 0 aliphatic heterocycles. The van der Waals surface area contributed by atoms with Gasteiger partial charge in [0.05, 0.1) is 6.61 Å². The van der Waals surface area contributed by atoms with Gasteiger partial charge >= 0.3 is 5.97 Å². The van der Waals surface area contributed by atoms with Gasteiger partial charge in [-0.3, -0.25) is 4.79 Å². The van der Waals surface area contributed by atoms with Gasteiger partial charge in [-0.2, -0.15) is 0 Å². The third-order valence-electron chi connectivity index (χ3n) is 3.73. The first-order chi connectivity index (χ1) is 8.72. The highest BCUT2D eigenvalue weighted by molar-refractivity contribution is 5.69. The normalized spacial score (nSPS) is 23.9. The molecule has 1 saturated carbocycles. The molecule has 0 aromatic rings. The molecule has 106 valence electrons. The van der Waals surface area contributed by atoms with Gasteiger partial charge in [0, 0.05) is 12.5 Å². The summed E-state index contributed by atoms with van der Waals surface area (Å²) in [4.78, 5) is 11.1. The van der Waals surface area contributed by atoms with Crippen LogP contribution in [0.3, 0.4) is 0 Å². The maximum absolute atomic E-state index is 11.1. The maximum Gasteiger partial charge on any atom is 0.305 e. The van der Waals surface area contributed by atoms with Crippen molar-refractivity contribution in [3.8, 4) is 0 Å². The number of hydrogen-bond acceptors (Lipinski definition) is 3. The van der Waals surface area contributed by atoms with Crippen LogP contribution in [-0.2, 0) is 9.53 Å². The Kier molecular flexibility index (Phi) is 8.06. The topological polar surface area (TPSA) is 38.3 Å². The Labute approximate surface area is 112 Å². The molecule has 0 aromatic carbocycles. The fraction of sp³-hybridized carbons (Fsp3) is 0.933. The van der Waals surface area contributed by atoms with E-state index in [0.717, 1.165) is 31.3 Å². The summed E-state index contributed by atoms with van der Waals surface area (Å²) in [5, 5.41) is 3.65. The molecule has 0 heterocycles. The molecule has 1 N–H and O–H groups in total. The summed E-state index contributed by atoms with van der Waals surface area (Å²) in [5.74, 6) is 0.839. The SMILES string of the molecule is CCOC(=O)CCCCCNC1CCCC(C)C1. The van der Waals surface area contributed by atoms with Crippen LogP contribution in [0.1, 0.15) is 65.2 Å². The highest BCUT2D eigenvalue weighted by Crippen LogP contribution is 2.23. The number of nitrogens with one attached hydrogen (secondary N) is 1. The van der Waals surface area contributed by atoms with E-state index in [4.69, 9.17) is 4.74 Å². The molecule has 3 nitrogen and oxygen atoms in total. The molecular formula is C15H29NO2. The number of ether oxygens (including phenoxy) is 1. The standard InChI is InChI=1S/C15H29NO2/c1-3-18-15(17)10-5-4-6-11-16-14-9-7-8-13(2)12-14/h13-14,16H,3-12H2,1-2H3. The predicted octanol–water partition coefficient (Wildman–Crippen LogP) is 3.28. The van der Waals surface area contributed by atoms with E-state index >= 15 is 0 Å². The predicted molar refractivity (Wildman–Crippen MR) is 74.5 cm³/mol. The lowest BCUT2D eigenvalue weighted by Crippen LogP contribution is -2.34. The largest absolute Gasteiger partial charge is 0.466 e. The van der Waals surface area contributed by atoms with E-state index in [0.29, 0.717) is 13.0 Å². The second-order valence-electron chi connectivity index (χ2n) is 5.54. The molecular weight excluding hydrogens is 226 g/mol. The summed E-state index contributed by atoms with van der Waals surface area (Å²) < 4.78 is 4.90. The van der Waals surface area contributed by atoms with E-state index in [1.807, 2.05) is 6.92 Å². The highest BCUT2D eigenvalue weighted by atomic mass is 16.5. The van der Waals surface area contributed by atoms with Gasteiger partial charge in [0.1, 0.15) is 0 Å². The Hall–Kier alpha value is -0.570. The Morgan fingerprint density at radius 2 is 2.11 bits per heavy atom. The van der Waals surface area contributed by atoms with Crippen LogP contribution in [0.2, 0.25) is 0 Å². The number of esters is 1. The van der Waals surface area contributed by atoms with Crippen molar-refractivity contribution < 1.29 is 9.53 Å². The molecule has 2 unspecified atom stereocenters. The van der Waals surface area contributed by atoms with E-state index < -0.39 is 0 Å². The number of rotatable bonds is 8. The van der Waals surface area contributed by atoms with Gasteiger partial charge in [-0.25, -0.2) is 0 Å². The fourth-order valence-electron chi connectivity index (χ4n) is 2.73. The van der Waals surface area contributed by atoms with Crippen molar-refractivity contribution in [3.63, 3.8) is 0 Å². The Morgan fingerprint density at radius 1 is 1.28 bits per heavy atom. The zero-order valence-electron chi connectivity index (χ0n) is 12.0. The van der Waals surface area contributed by atoms with Crippen LogP contribution < -0.4 is 5.32 Å². The molecule has 1 fully saturated rings. The van der Waals surface area contributed by atoms with Gasteiger partial charge in [0.25, 0.3) is 0 Å². The van der Waals surface area contributed by atoms with Crippen molar-refractivity contribution in [2.45, 2.75) is 71.3 Å². The number of unbranched alkanes of at least 4 members (excludes halogenated alkanes) is 2. The minimum absolute atomic E-state index is 0.0495. The maximum atomic E-state index is 11.1. The molecule has 0 spiro atoms. The summed E-state index contributed by atoms with van der Waals surface area (Å²) in [5.41, 5.74) is 0. The summed E-state index contributed by atoms with van der Waals surface area (Å²) >= 11 is 0. The van der Waals surface area contributed by atoms with Gasteiger partial charge in [-0.1, -0.05) is 26.2 Å². The minimum atomic E-state index is -0.0495. The van der Waals surface area contributed by atoms with Crippen molar-refractivity contribution in [1.29, 1.82) is 0 Å². The summed E-state index contributed by atoms with van der Waals surface area (Å²) in [6.45, 7) is 5.81. The van der Waals surface area contributed by atoms with Gasteiger partial charge < -0.3 is 10.1 Å². The second-order valence-corrected chi connectivity index (χ2v) is 5.54. The van der Waals surface area contributed by atoms with Crippen LogP contribution >= 0.6 is 0 Å². The Bertz CT molecular complexity index is 231. The monoisotopic (exact) mass is 255 g/mol. The molecule has 0 bridgehead atoms. The lowest BCUT2D eigenvalue weighted by molar-refractivity contribution is -0.143. The molecule has 18 heavy (non-hydrogen) atoms. The number of hydrogen-bond donors (Lipinski definition) is 1. The third-order valence-corrected chi connectivity index (χ3v) is 3.73. The first kappa shape index (κ1) is 15.5. The van der Waals surface area contributed by atoms with Crippen molar-refractivity contribution >= 4 is 5.97 Å². The van der Waals surface area contributed by atoms with Crippen LogP contribution in [0, 0.1) is 5.92 Å². The lowest BCUT2D eigenvalue weighted by Gasteiger charge is -2.27. The first-order valence-electron chi connectivity index (χ1n) is 7.61. The number of carbonyl (C=O) groups excluding carboxylic acids is 1. The molecule has 1 aliphatic carbocycles.